The second kappa shape index (κ2) is 11.9. The van der Waals surface area contributed by atoms with Gasteiger partial charge in [-0.1, -0.05) is 31.2 Å². The molecular formula is C26H25F6N6O2+. The van der Waals surface area contributed by atoms with E-state index in [0.717, 1.165) is 6.07 Å². The third-order valence-corrected chi connectivity index (χ3v) is 5.86. The lowest BCUT2D eigenvalue weighted by Crippen LogP contribution is -2.49. The molecular weight excluding hydrogens is 542 g/mol. The smallest absolute Gasteiger partial charge is 0.340 e. The number of aromatic amines is 1. The molecule has 1 atom stereocenters. The molecule has 212 valence electrons. The Balaban J connectivity index is 1.47. The molecule has 40 heavy (non-hydrogen) atoms. The first-order valence-electron chi connectivity index (χ1n) is 12.0. The van der Waals surface area contributed by atoms with Crippen LogP contribution in [0.4, 0.5) is 26.3 Å². The first-order chi connectivity index (χ1) is 19.0. The van der Waals surface area contributed by atoms with Crippen molar-refractivity contribution in [3.8, 4) is 5.75 Å². The van der Waals surface area contributed by atoms with Gasteiger partial charge in [-0.15, -0.1) is 0 Å². The van der Waals surface area contributed by atoms with E-state index < -0.39 is 36.2 Å². The van der Waals surface area contributed by atoms with E-state index in [4.69, 9.17) is 4.74 Å². The molecule has 0 spiro atoms. The molecule has 0 amide bonds. The van der Waals surface area contributed by atoms with Crippen molar-refractivity contribution < 1.29 is 40.9 Å². The van der Waals surface area contributed by atoms with Crippen molar-refractivity contribution in [3.63, 3.8) is 0 Å². The van der Waals surface area contributed by atoms with E-state index in [0.29, 0.717) is 23.9 Å². The van der Waals surface area contributed by atoms with Crippen LogP contribution >= 0.6 is 0 Å². The quantitative estimate of drug-likeness (QED) is 0.198. The predicted octanol–water partition coefficient (Wildman–Crippen LogP) is 4.17. The van der Waals surface area contributed by atoms with Crippen molar-refractivity contribution in [2.45, 2.75) is 44.4 Å². The molecule has 2 heterocycles. The van der Waals surface area contributed by atoms with E-state index in [-0.39, 0.29) is 30.2 Å². The summed E-state index contributed by atoms with van der Waals surface area (Å²) >= 11 is 0. The number of H-pyrrole nitrogens is 1. The molecule has 0 bridgehead atoms. The van der Waals surface area contributed by atoms with Gasteiger partial charge in [0, 0.05) is 18.1 Å². The molecule has 0 aliphatic carbocycles. The Morgan fingerprint density at radius 3 is 2.50 bits per heavy atom. The van der Waals surface area contributed by atoms with E-state index in [9.17, 15) is 31.4 Å². The Morgan fingerprint density at radius 1 is 1.10 bits per heavy atom. The van der Waals surface area contributed by atoms with Crippen LogP contribution in [0.5, 0.6) is 5.75 Å². The maximum atomic E-state index is 14.7. The van der Waals surface area contributed by atoms with Crippen LogP contribution in [-0.2, 0) is 25.1 Å². The van der Waals surface area contributed by atoms with Crippen LogP contribution in [0, 0.1) is 11.6 Å². The van der Waals surface area contributed by atoms with Gasteiger partial charge in [0.25, 0.3) is 5.82 Å². The van der Waals surface area contributed by atoms with Gasteiger partial charge < -0.3 is 9.84 Å². The van der Waals surface area contributed by atoms with Crippen molar-refractivity contribution in [3.05, 3.63) is 89.5 Å². The molecule has 4 aromatic rings. The summed E-state index contributed by atoms with van der Waals surface area (Å²) < 4.78 is 86.4. The molecule has 2 aromatic carbocycles. The number of hydrogen-bond acceptors (Lipinski definition) is 5. The number of aromatic nitrogens is 6. The van der Waals surface area contributed by atoms with E-state index in [1.807, 2.05) is 6.92 Å². The Bertz CT molecular complexity index is 1460. The number of hydrogen-bond donors (Lipinski definition) is 2. The van der Waals surface area contributed by atoms with Crippen molar-refractivity contribution in [1.29, 1.82) is 0 Å². The Hall–Kier alpha value is -4.20. The van der Waals surface area contributed by atoms with Gasteiger partial charge >= 0.3 is 18.7 Å². The van der Waals surface area contributed by atoms with Crippen LogP contribution in [0.1, 0.15) is 29.7 Å². The molecule has 0 aliphatic rings. The molecule has 0 fully saturated rings. The third-order valence-electron chi connectivity index (χ3n) is 5.86. The number of rotatable bonds is 12. The van der Waals surface area contributed by atoms with Gasteiger partial charge in [0.15, 0.2) is 18.0 Å². The third kappa shape index (κ3) is 7.05. The second-order valence-corrected chi connectivity index (χ2v) is 8.99. The van der Waals surface area contributed by atoms with Gasteiger partial charge in [-0.05, 0) is 34.8 Å². The summed E-state index contributed by atoms with van der Waals surface area (Å²) in [4.78, 5) is 8.33. The van der Waals surface area contributed by atoms with Gasteiger partial charge in [0.1, 0.15) is 30.3 Å². The molecule has 4 rings (SSSR count). The average molecular weight is 568 g/mol. The minimum absolute atomic E-state index is 0.00613. The van der Waals surface area contributed by atoms with E-state index in [2.05, 4.69) is 20.2 Å². The zero-order chi connectivity index (χ0) is 28.9. The molecule has 0 aliphatic heterocycles. The van der Waals surface area contributed by atoms with E-state index in [1.165, 1.54) is 58.4 Å². The van der Waals surface area contributed by atoms with Crippen LogP contribution in [0.3, 0.4) is 0 Å². The van der Waals surface area contributed by atoms with Gasteiger partial charge in [-0.3, -0.25) is 0 Å². The minimum Gasteiger partial charge on any atom is -0.487 e. The number of alkyl halides is 4. The lowest BCUT2D eigenvalue weighted by Gasteiger charge is -2.26. The fourth-order valence-corrected chi connectivity index (χ4v) is 3.80. The maximum Gasteiger partial charge on any atom is 0.340 e. The number of benzene rings is 2. The number of ether oxygens (including phenoxy) is 1. The average Bonchev–Trinajstić information content (AvgIpc) is 3.55. The second-order valence-electron chi connectivity index (χ2n) is 8.99. The summed E-state index contributed by atoms with van der Waals surface area (Å²) in [5.41, 5.74) is -1.40. The fraction of sp³-hybridized carbons (Fsp3) is 0.308. The normalized spacial score (nSPS) is 13.7. The van der Waals surface area contributed by atoms with Gasteiger partial charge in [0.05, 0.1) is 6.54 Å². The van der Waals surface area contributed by atoms with Gasteiger partial charge in [-0.25, -0.2) is 27.2 Å². The largest absolute Gasteiger partial charge is 0.487 e. The fourth-order valence-electron chi connectivity index (χ4n) is 3.80. The summed E-state index contributed by atoms with van der Waals surface area (Å²) in [7, 11) is 0. The lowest BCUT2D eigenvalue weighted by atomic mass is 9.93. The monoisotopic (exact) mass is 567 g/mol. The lowest BCUT2D eigenvalue weighted by molar-refractivity contribution is -0.765. The number of aryl methyl sites for hydroxylation is 1. The number of nitrogens with zero attached hydrogens (tertiary/aromatic N) is 5. The Kier molecular flexibility index (Phi) is 8.57. The Labute approximate surface area is 224 Å². The molecule has 8 nitrogen and oxygen atoms in total. The summed E-state index contributed by atoms with van der Waals surface area (Å²) in [6.45, 7) is 0.0538. The Morgan fingerprint density at radius 2 is 1.85 bits per heavy atom. The zero-order valence-electron chi connectivity index (χ0n) is 21.1. The molecule has 14 heteroatoms. The first kappa shape index (κ1) is 28.8. The highest BCUT2D eigenvalue weighted by molar-refractivity contribution is 5.66. The predicted molar refractivity (Wildman–Crippen MR) is 130 cm³/mol. The number of aliphatic hydroxyl groups is 1. The molecule has 2 N–H and O–H groups in total. The zero-order valence-corrected chi connectivity index (χ0v) is 21.1. The van der Waals surface area contributed by atoms with Crippen molar-refractivity contribution in [2.24, 2.45) is 0 Å². The minimum atomic E-state index is -4.26. The number of halogens is 6. The summed E-state index contributed by atoms with van der Waals surface area (Å²) in [6.07, 6.45) is 2.72. The van der Waals surface area contributed by atoms with Crippen LogP contribution in [0.2, 0.25) is 0 Å². The van der Waals surface area contributed by atoms with Crippen LogP contribution in [0.15, 0.2) is 55.1 Å². The maximum absolute atomic E-state index is 14.7. The summed E-state index contributed by atoms with van der Waals surface area (Å²) in [5, 5.41) is 18.8. The summed E-state index contributed by atoms with van der Waals surface area (Å²) in [6, 6.07) is 8.64. The highest BCUT2D eigenvalue weighted by atomic mass is 19.3. The van der Waals surface area contributed by atoms with Crippen LogP contribution in [0.25, 0.3) is 12.2 Å². The topological polar surface area (TPSA) is 92.7 Å². The number of nitrogens with one attached hydrogen (secondary N) is 1. The highest BCUT2D eigenvalue weighted by Gasteiger charge is 2.41. The van der Waals surface area contributed by atoms with E-state index in [1.54, 1.807) is 6.08 Å². The molecule has 0 unspecified atom stereocenters. The SMILES string of the molecule is CCc1nc[n+](C[C@](O)(Cn2cnc(/C=C\c3ccc(OCC(F)(F)C(F)F)cc3)n2)c2ccc(F)cc2F)[nH]1. The first-order valence-corrected chi connectivity index (χ1v) is 12.0. The molecule has 0 radical (unpaired) electrons. The van der Waals surface area contributed by atoms with Crippen LogP contribution < -0.4 is 9.42 Å². The highest BCUT2D eigenvalue weighted by Crippen LogP contribution is 2.27. The standard InChI is InChI=1S/C26H24F6N6O2/c1-2-22-33-15-37(35-22)12-25(39,20-9-6-18(27)11-21(20)28)13-38-16-34-23(36-38)10-5-17-3-7-19(8-4-17)40-14-26(31,32)24(29)30/h3-11,15-16,24,39H,2,12-14H2,1H3/p+1/b10-5-/t25-/m0/s1. The summed E-state index contributed by atoms with van der Waals surface area (Å²) in [5.74, 6) is -5.09. The van der Waals surface area contributed by atoms with Crippen molar-refractivity contribution >= 4 is 12.2 Å². The van der Waals surface area contributed by atoms with Crippen molar-refractivity contribution in [2.75, 3.05) is 6.61 Å². The van der Waals surface area contributed by atoms with Crippen LogP contribution in [-0.4, -0.2) is 48.9 Å². The molecule has 0 saturated heterocycles. The van der Waals surface area contributed by atoms with Crippen molar-refractivity contribution in [1.82, 2.24) is 24.8 Å². The van der Waals surface area contributed by atoms with Gasteiger partial charge in [0.2, 0.25) is 0 Å². The molecule has 0 saturated carbocycles. The molecule has 2 aromatic heterocycles. The van der Waals surface area contributed by atoms with Gasteiger partial charge in [-0.2, -0.15) is 23.7 Å². The van der Waals surface area contributed by atoms with E-state index >= 15 is 0 Å².